The van der Waals surface area contributed by atoms with Crippen LogP contribution in [-0.4, -0.2) is 25.5 Å². The van der Waals surface area contributed by atoms with Gasteiger partial charge in [0, 0.05) is 6.10 Å². The summed E-state index contributed by atoms with van der Waals surface area (Å²) in [5, 5.41) is 12.0. The van der Waals surface area contributed by atoms with Crippen LogP contribution in [0.1, 0.15) is 40.5 Å². The number of rotatable bonds is 5. The van der Waals surface area contributed by atoms with Crippen LogP contribution in [0.15, 0.2) is 60.7 Å². The summed E-state index contributed by atoms with van der Waals surface area (Å²) in [5.41, 5.74) is 0. The van der Waals surface area contributed by atoms with Crippen LogP contribution >= 0.6 is 0 Å². The maximum Gasteiger partial charge on any atom is 0.306 e. The highest BCUT2D eigenvalue weighted by atomic mass is 28.4. The van der Waals surface area contributed by atoms with Gasteiger partial charge >= 0.3 is 5.97 Å². The van der Waals surface area contributed by atoms with Gasteiger partial charge < -0.3 is 9.53 Å². The average molecular weight is 383 g/mol. The predicted molar refractivity (Wildman–Crippen MR) is 112 cm³/mol. The molecule has 0 spiro atoms. The van der Waals surface area contributed by atoms with E-state index < -0.39 is 14.3 Å². The first-order valence-electron chi connectivity index (χ1n) is 9.77. The summed E-state index contributed by atoms with van der Waals surface area (Å²) in [5.74, 6) is -0.866. The molecule has 1 aliphatic carbocycles. The summed E-state index contributed by atoms with van der Waals surface area (Å²) in [6.07, 6.45) is 1.38. The Morgan fingerprint density at radius 3 is 1.81 bits per heavy atom. The zero-order valence-corrected chi connectivity index (χ0v) is 17.7. The molecular formula is C23H30O3Si. The quantitative estimate of drug-likeness (QED) is 0.793. The first kappa shape index (κ1) is 19.8. The Bertz CT molecular complexity index is 728. The monoisotopic (exact) mass is 382 g/mol. The first-order chi connectivity index (χ1) is 12.8. The van der Waals surface area contributed by atoms with Crippen LogP contribution in [0.25, 0.3) is 0 Å². The zero-order chi connectivity index (χ0) is 19.7. The van der Waals surface area contributed by atoms with Gasteiger partial charge in [-0.2, -0.15) is 0 Å². The Kier molecular flexibility index (Phi) is 5.59. The minimum Gasteiger partial charge on any atom is -0.481 e. The second-order valence-electron chi connectivity index (χ2n) is 8.80. The van der Waals surface area contributed by atoms with Gasteiger partial charge in [-0.15, -0.1) is 0 Å². The molecule has 0 bridgehead atoms. The fraction of sp³-hybridized carbons (Fsp3) is 0.435. The molecule has 4 heteroatoms. The minimum atomic E-state index is -2.60. The molecule has 3 rings (SSSR count). The fourth-order valence-electron chi connectivity index (χ4n) is 4.57. The van der Waals surface area contributed by atoms with Crippen LogP contribution in [0, 0.1) is 11.8 Å². The molecule has 2 aromatic carbocycles. The first-order valence-corrected chi connectivity index (χ1v) is 11.7. The standard InChI is InChI=1S/C23H30O3Si/c1-17-15-18(16-21(17)22(24)25)26-27(23(2,3)4,19-11-7-5-8-12-19)20-13-9-6-10-14-20/h5-14,17-18,21H,15-16H2,1-4H3,(H,24,25). The summed E-state index contributed by atoms with van der Waals surface area (Å²) in [6.45, 7) is 8.80. The Hall–Kier alpha value is -1.91. The van der Waals surface area contributed by atoms with E-state index in [1.54, 1.807) is 0 Å². The van der Waals surface area contributed by atoms with E-state index in [4.69, 9.17) is 4.43 Å². The lowest BCUT2D eigenvalue weighted by molar-refractivity contribution is -0.142. The highest BCUT2D eigenvalue weighted by molar-refractivity contribution is 6.99. The van der Waals surface area contributed by atoms with Crippen molar-refractivity contribution < 1.29 is 14.3 Å². The van der Waals surface area contributed by atoms with Crippen LogP contribution in [0.3, 0.4) is 0 Å². The van der Waals surface area contributed by atoms with Crippen molar-refractivity contribution in [2.45, 2.75) is 51.7 Å². The van der Waals surface area contributed by atoms with Crippen LogP contribution < -0.4 is 10.4 Å². The van der Waals surface area contributed by atoms with Gasteiger partial charge in [0.15, 0.2) is 0 Å². The molecule has 3 atom stereocenters. The molecule has 3 nitrogen and oxygen atoms in total. The Labute approximate surface area is 163 Å². The molecule has 1 fully saturated rings. The highest BCUT2D eigenvalue weighted by Crippen LogP contribution is 2.42. The summed E-state index contributed by atoms with van der Waals surface area (Å²) in [7, 11) is -2.60. The van der Waals surface area contributed by atoms with E-state index in [2.05, 4.69) is 69.3 Å². The number of benzene rings is 2. The zero-order valence-electron chi connectivity index (χ0n) is 16.7. The third-order valence-electron chi connectivity index (χ3n) is 5.92. The molecule has 0 aliphatic heterocycles. The molecule has 1 saturated carbocycles. The second-order valence-corrected chi connectivity index (χ2v) is 13.0. The lowest BCUT2D eigenvalue weighted by Gasteiger charge is -2.44. The molecule has 3 unspecified atom stereocenters. The molecule has 0 heterocycles. The molecule has 0 saturated heterocycles. The molecule has 1 N–H and O–H groups in total. The van der Waals surface area contributed by atoms with E-state index in [9.17, 15) is 9.90 Å². The molecule has 27 heavy (non-hydrogen) atoms. The third-order valence-corrected chi connectivity index (χ3v) is 11.0. The van der Waals surface area contributed by atoms with Gasteiger partial charge in [0.2, 0.25) is 0 Å². The van der Waals surface area contributed by atoms with Crippen molar-refractivity contribution in [3.05, 3.63) is 60.7 Å². The Balaban J connectivity index is 2.09. The van der Waals surface area contributed by atoms with Crippen LogP contribution in [-0.2, 0) is 9.22 Å². The molecule has 0 aromatic heterocycles. The summed E-state index contributed by atoms with van der Waals surface area (Å²) in [6, 6.07) is 21.1. The largest absolute Gasteiger partial charge is 0.481 e. The van der Waals surface area contributed by atoms with Gasteiger partial charge in [-0.25, -0.2) is 0 Å². The van der Waals surface area contributed by atoms with Gasteiger partial charge in [-0.05, 0) is 34.2 Å². The summed E-state index contributed by atoms with van der Waals surface area (Å²) in [4.78, 5) is 11.6. The number of carboxylic acid groups (broad SMARTS) is 1. The van der Waals surface area contributed by atoms with Crippen molar-refractivity contribution >= 4 is 24.7 Å². The number of carboxylic acids is 1. The SMILES string of the molecule is CC1CC(O[Si](c2ccccc2)(c2ccccc2)C(C)(C)C)CC1C(=O)O. The number of aliphatic carboxylic acids is 1. The summed E-state index contributed by atoms with van der Waals surface area (Å²) < 4.78 is 7.06. The van der Waals surface area contributed by atoms with Crippen molar-refractivity contribution in [3.8, 4) is 0 Å². The molecular weight excluding hydrogens is 352 g/mol. The van der Waals surface area contributed by atoms with Crippen LogP contribution in [0.5, 0.6) is 0 Å². The van der Waals surface area contributed by atoms with E-state index in [1.165, 1.54) is 10.4 Å². The lowest BCUT2D eigenvalue weighted by atomic mass is 9.99. The number of hydrogen-bond donors (Lipinski definition) is 1. The van der Waals surface area contributed by atoms with E-state index in [1.807, 2.05) is 19.1 Å². The normalized spacial score (nSPS) is 23.3. The molecule has 144 valence electrons. The Morgan fingerprint density at radius 2 is 1.44 bits per heavy atom. The summed E-state index contributed by atoms with van der Waals surface area (Å²) >= 11 is 0. The predicted octanol–water partition coefficient (Wildman–Crippen LogP) is 4.06. The van der Waals surface area contributed by atoms with E-state index in [0.717, 1.165) is 6.42 Å². The molecule has 1 aliphatic rings. The average Bonchev–Trinajstić information content (AvgIpc) is 3.00. The third kappa shape index (κ3) is 3.74. The molecule has 0 radical (unpaired) electrons. The van der Waals surface area contributed by atoms with Crippen LogP contribution in [0.2, 0.25) is 5.04 Å². The van der Waals surface area contributed by atoms with Gasteiger partial charge in [0.25, 0.3) is 8.32 Å². The van der Waals surface area contributed by atoms with Crippen molar-refractivity contribution in [1.82, 2.24) is 0 Å². The van der Waals surface area contributed by atoms with Gasteiger partial charge in [-0.1, -0.05) is 88.4 Å². The molecule has 2 aromatic rings. The van der Waals surface area contributed by atoms with Crippen LogP contribution in [0.4, 0.5) is 0 Å². The van der Waals surface area contributed by atoms with Crippen molar-refractivity contribution in [3.63, 3.8) is 0 Å². The number of carbonyl (C=O) groups is 1. The van der Waals surface area contributed by atoms with E-state index in [-0.39, 0.29) is 23.0 Å². The maximum atomic E-state index is 11.6. The topological polar surface area (TPSA) is 46.5 Å². The highest BCUT2D eigenvalue weighted by Gasteiger charge is 2.52. The lowest BCUT2D eigenvalue weighted by Crippen LogP contribution is -2.67. The van der Waals surface area contributed by atoms with Gasteiger partial charge in [0.1, 0.15) is 0 Å². The second kappa shape index (κ2) is 7.61. The van der Waals surface area contributed by atoms with Crippen molar-refractivity contribution in [1.29, 1.82) is 0 Å². The smallest absolute Gasteiger partial charge is 0.306 e. The maximum absolute atomic E-state index is 11.6. The minimum absolute atomic E-state index is 0.0209. The number of hydrogen-bond acceptors (Lipinski definition) is 2. The van der Waals surface area contributed by atoms with Crippen molar-refractivity contribution in [2.24, 2.45) is 11.8 Å². The Morgan fingerprint density at radius 1 is 0.963 bits per heavy atom. The van der Waals surface area contributed by atoms with Crippen molar-refractivity contribution in [2.75, 3.05) is 0 Å². The van der Waals surface area contributed by atoms with E-state index >= 15 is 0 Å². The van der Waals surface area contributed by atoms with Gasteiger partial charge in [0.05, 0.1) is 5.92 Å². The molecule has 0 amide bonds. The fourth-order valence-corrected chi connectivity index (χ4v) is 9.28. The van der Waals surface area contributed by atoms with E-state index in [0.29, 0.717) is 6.42 Å². The van der Waals surface area contributed by atoms with Gasteiger partial charge in [-0.3, -0.25) is 4.79 Å².